The zero-order valence-electron chi connectivity index (χ0n) is 18.2. The van der Waals surface area contributed by atoms with Crippen molar-refractivity contribution < 1.29 is 9.21 Å². The number of carbonyl (C=O) groups excluding carboxylic acids is 1. The Bertz CT molecular complexity index is 1310. The predicted octanol–water partition coefficient (Wildman–Crippen LogP) is 6.32. The Morgan fingerprint density at radius 3 is 2.19 bits per heavy atom. The molecule has 4 rings (SSSR count). The second-order valence-corrected chi connectivity index (χ2v) is 8.83. The summed E-state index contributed by atoms with van der Waals surface area (Å²) in [5.74, 6) is 0.288. The summed E-state index contributed by atoms with van der Waals surface area (Å²) >= 11 is 0. The molecule has 4 aromatic rings. The van der Waals surface area contributed by atoms with Crippen LogP contribution in [0.1, 0.15) is 42.3 Å². The zero-order valence-corrected chi connectivity index (χ0v) is 18.2. The maximum Gasteiger partial charge on any atom is 0.255 e. The first kappa shape index (κ1) is 20.6. The molecule has 1 aromatic heterocycles. The number of nitrogens with one attached hydrogen (secondary N) is 1. The lowest BCUT2D eigenvalue weighted by atomic mass is 9.86. The first-order chi connectivity index (χ1) is 14.7. The van der Waals surface area contributed by atoms with E-state index >= 15 is 0 Å². The molecule has 4 nitrogen and oxygen atoms in total. The van der Waals surface area contributed by atoms with E-state index in [0.29, 0.717) is 28.0 Å². The molecular weight excluding hydrogens is 386 g/mol. The summed E-state index contributed by atoms with van der Waals surface area (Å²) in [6.07, 6.45) is 0. The topological polar surface area (TPSA) is 59.3 Å². The predicted molar refractivity (Wildman–Crippen MR) is 126 cm³/mol. The molecule has 0 bridgehead atoms. The van der Waals surface area contributed by atoms with E-state index in [1.54, 1.807) is 30.3 Å². The summed E-state index contributed by atoms with van der Waals surface area (Å²) in [5, 5.41) is 3.35. The van der Waals surface area contributed by atoms with E-state index in [0.717, 1.165) is 11.1 Å². The minimum absolute atomic E-state index is 0.0489. The Morgan fingerprint density at radius 1 is 0.871 bits per heavy atom. The molecule has 3 aromatic carbocycles. The molecule has 156 valence electrons. The van der Waals surface area contributed by atoms with E-state index in [4.69, 9.17) is 4.42 Å². The van der Waals surface area contributed by atoms with Gasteiger partial charge in [-0.25, -0.2) is 0 Å². The number of carbonyl (C=O) groups is 1. The van der Waals surface area contributed by atoms with Gasteiger partial charge in [-0.2, -0.15) is 0 Å². The molecule has 0 fully saturated rings. The van der Waals surface area contributed by atoms with Gasteiger partial charge in [0.25, 0.3) is 5.91 Å². The Labute approximate surface area is 181 Å². The lowest BCUT2D eigenvalue weighted by Gasteiger charge is -2.19. The molecule has 31 heavy (non-hydrogen) atoms. The lowest BCUT2D eigenvalue weighted by molar-refractivity contribution is 0.102. The maximum atomic E-state index is 12.6. The second-order valence-electron chi connectivity index (χ2n) is 8.83. The van der Waals surface area contributed by atoms with E-state index in [1.807, 2.05) is 31.2 Å². The summed E-state index contributed by atoms with van der Waals surface area (Å²) in [6, 6.07) is 22.0. The van der Waals surface area contributed by atoms with Gasteiger partial charge >= 0.3 is 0 Å². The number of rotatable bonds is 3. The van der Waals surface area contributed by atoms with Crippen LogP contribution in [-0.4, -0.2) is 5.91 Å². The highest BCUT2D eigenvalue weighted by molar-refractivity contribution is 6.05. The van der Waals surface area contributed by atoms with Crippen LogP contribution in [0, 0.1) is 6.92 Å². The second kappa shape index (κ2) is 7.88. The number of hydrogen-bond acceptors (Lipinski definition) is 3. The number of hydrogen-bond donors (Lipinski definition) is 1. The first-order valence-corrected chi connectivity index (χ1v) is 10.3. The molecule has 1 N–H and O–H groups in total. The van der Waals surface area contributed by atoms with Crippen LogP contribution >= 0.6 is 0 Å². The monoisotopic (exact) mass is 411 g/mol. The number of benzene rings is 3. The van der Waals surface area contributed by atoms with Gasteiger partial charge in [0.05, 0.1) is 5.39 Å². The fourth-order valence-corrected chi connectivity index (χ4v) is 3.42. The molecule has 1 amide bonds. The van der Waals surface area contributed by atoms with Gasteiger partial charge in [0.15, 0.2) is 5.43 Å². The molecule has 0 unspecified atom stereocenters. The Balaban J connectivity index is 1.67. The molecule has 0 atom stereocenters. The van der Waals surface area contributed by atoms with E-state index < -0.39 is 0 Å². The van der Waals surface area contributed by atoms with Crippen LogP contribution in [-0.2, 0) is 5.41 Å². The maximum absolute atomic E-state index is 12.6. The smallest absolute Gasteiger partial charge is 0.255 e. The third kappa shape index (κ3) is 4.43. The van der Waals surface area contributed by atoms with Crippen molar-refractivity contribution in [3.05, 3.63) is 99.7 Å². The molecule has 4 heteroatoms. The van der Waals surface area contributed by atoms with Crippen LogP contribution in [0.4, 0.5) is 5.69 Å². The molecule has 0 aliphatic rings. The molecule has 0 spiro atoms. The van der Waals surface area contributed by atoms with Crippen molar-refractivity contribution in [2.75, 3.05) is 5.32 Å². The van der Waals surface area contributed by atoms with E-state index in [2.05, 4.69) is 38.2 Å². The van der Waals surface area contributed by atoms with Gasteiger partial charge in [-0.1, -0.05) is 62.7 Å². The molecule has 0 aliphatic heterocycles. The van der Waals surface area contributed by atoms with Gasteiger partial charge in [0, 0.05) is 28.9 Å². The molecule has 0 radical (unpaired) electrons. The van der Waals surface area contributed by atoms with Crippen molar-refractivity contribution in [3.63, 3.8) is 0 Å². The average molecular weight is 412 g/mol. The fourth-order valence-electron chi connectivity index (χ4n) is 3.42. The number of amides is 1. The van der Waals surface area contributed by atoms with Crippen molar-refractivity contribution in [2.45, 2.75) is 33.1 Å². The fraction of sp³-hybridized carbons (Fsp3) is 0.185. The highest BCUT2D eigenvalue weighted by atomic mass is 16.3. The van der Waals surface area contributed by atoms with Crippen molar-refractivity contribution >= 4 is 22.6 Å². The molecule has 0 saturated heterocycles. The van der Waals surface area contributed by atoms with Crippen LogP contribution in [0.25, 0.3) is 22.3 Å². The number of fused-ring (bicyclic) bond motifs is 1. The Hall–Kier alpha value is -3.66. The van der Waals surface area contributed by atoms with Crippen LogP contribution in [0.3, 0.4) is 0 Å². The summed E-state index contributed by atoms with van der Waals surface area (Å²) < 4.78 is 6.05. The average Bonchev–Trinajstić information content (AvgIpc) is 2.73. The summed E-state index contributed by atoms with van der Waals surface area (Å²) in [7, 11) is 0. The summed E-state index contributed by atoms with van der Waals surface area (Å²) in [4.78, 5) is 25.2. The first-order valence-electron chi connectivity index (χ1n) is 10.3. The number of aryl methyl sites for hydroxylation is 1. The Kier molecular flexibility index (Phi) is 5.24. The van der Waals surface area contributed by atoms with Gasteiger partial charge in [-0.15, -0.1) is 0 Å². The normalized spacial score (nSPS) is 11.5. The molecule has 0 saturated carbocycles. The van der Waals surface area contributed by atoms with E-state index in [-0.39, 0.29) is 16.8 Å². The lowest BCUT2D eigenvalue weighted by Crippen LogP contribution is -2.12. The van der Waals surface area contributed by atoms with Crippen molar-refractivity contribution in [3.8, 4) is 11.3 Å². The third-order valence-corrected chi connectivity index (χ3v) is 5.34. The van der Waals surface area contributed by atoms with Crippen LogP contribution in [0.5, 0.6) is 0 Å². The quantitative estimate of drug-likeness (QED) is 0.429. The molecule has 0 aliphatic carbocycles. The Morgan fingerprint density at radius 2 is 1.55 bits per heavy atom. The molecular formula is C27H25NO3. The van der Waals surface area contributed by atoms with Gasteiger partial charge in [-0.3, -0.25) is 9.59 Å². The van der Waals surface area contributed by atoms with Gasteiger partial charge in [-0.05, 0) is 42.2 Å². The SMILES string of the molecule is Cc1ccc(C(=O)Nc2ccc3c(=O)cc(-c4ccc(C(C)(C)C)cc4)oc3c2)cc1. The van der Waals surface area contributed by atoms with Gasteiger partial charge < -0.3 is 9.73 Å². The molecule has 1 heterocycles. The zero-order chi connectivity index (χ0) is 22.2. The largest absolute Gasteiger partial charge is 0.456 e. The summed E-state index contributed by atoms with van der Waals surface area (Å²) in [5.41, 5.74) is 4.64. The minimum atomic E-state index is -0.212. The highest BCUT2D eigenvalue weighted by Gasteiger charge is 2.14. The van der Waals surface area contributed by atoms with Crippen molar-refractivity contribution in [1.82, 2.24) is 0 Å². The van der Waals surface area contributed by atoms with Crippen LogP contribution < -0.4 is 10.7 Å². The van der Waals surface area contributed by atoms with E-state index in [9.17, 15) is 9.59 Å². The van der Waals surface area contributed by atoms with Crippen molar-refractivity contribution in [1.29, 1.82) is 0 Å². The third-order valence-electron chi connectivity index (χ3n) is 5.34. The highest BCUT2D eigenvalue weighted by Crippen LogP contribution is 2.28. The van der Waals surface area contributed by atoms with Crippen LogP contribution in [0.15, 0.2) is 82.0 Å². The summed E-state index contributed by atoms with van der Waals surface area (Å²) in [6.45, 7) is 8.45. The minimum Gasteiger partial charge on any atom is -0.456 e. The van der Waals surface area contributed by atoms with Crippen molar-refractivity contribution in [2.24, 2.45) is 0 Å². The van der Waals surface area contributed by atoms with Gasteiger partial charge in [0.1, 0.15) is 11.3 Å². The van der Waals surface area contributed by atoms with E-state index in [1.165, 1.54) is 11.6 Å². The van der Waals surface area contributed by atoms with Crippen LogP contribution in [0.2, 0.25) is 0 Å². The standard InChI is InChI=1S/C27H25NO3/c1-17-5-7-19(8-6-17)26(30)28-21-13-14-22-23(29)16-24(31-25(22)15-21)18-9-11-20(12-10-18)27(2,3)4/h5-16H,1-4H3,(H,28,30). The van der Waals surface area contributed by atoms with Gasteiger partial charge in [0.2, 0.25) is 0 Å². The number of anilines is 1.